The van der Waals surface area contributed by atoms with Gasteiger partial charge in [0.1, 0.15) is 17.3 Å². The number of hydrogen-bond donors (Lipinski definition) is 0. The summed E-state index contributed by atoms with van der Waals surface area (Å²) in [4.78, 5) is 15.9. The molecule has 2 aromatic carbocycles. The van der Waals surface area contributed by atoms with E-state index in [1.165, 1.54) is 18.2 Å². The van der Waals surface area contributed by atoms with E-state index in [0.717, 1.165) is 5.56 Å². The topological polar surface area (TPSA) is 23.6 Å². The van der Waals surface area contributed by atoms with Crippen LogP contribution in [0.5, 0.6) is 0 Å². The number of benzene rings is 2. The molecular weight excluding hydrogens is 298 g/mol. The zero-order valence-corrected chi connectivity index (χ0v) is 12.9. The van der Waals surface area contributed by atoms with Gasteiger partial charge in [0.05, 0.1) is 0 Å². The van der Waals surface area contributed by atoms with E-state index in [0.29, 0.717) is 31.7 Å². The minimum absolute atomic E-state index is 0.00418. The second kappa shape index (κ2) is 6.36. The Balaban J connectivity index is 1.72. The van der Waals surface area contributed by atoms with Crippen LogP contribution in [0.2, 0.25) is 0 Å². The van der Waals surface area contributed by atoms with Crippen molar-refractivity contribution >= 4 is 11.6 Å². The van der Waals surface area contributed by atoms with E-state index < -0.39 is 11.6 Å². The second-order valence-electron chi connectivity index (χ2n) is 5.66. The molecule has 2 aromatic rings. The lowest BCUT2D eigenvalue weighted by atomic mass is 10.1. The third-order valence-corrected chi connectivity index (χ3v) is 4.20. The number of hydrogen-bond acceptors (Lipinski definition) is 2. The molecule has 1 heterocycles. The highest BCUT2D eigenvalue weighted by molar-refractivity contribution is 5.95. The van der Waals surface area contributed by atoms with Crippen molar-refractivity contribution in [3.8, 4) is 0 Å². The predicted octanol–water partition coefficient (Wildman–Crippen LogP) is 3.24. The second-order valence-corrected chi connectivity index (χ2v) is 5.66. The van der Waals surface area contributed by atoms with Crippen LogP contribution in [-0.2, 0) is 0 Å². The Morgan fingerprint density at radius 2 is 1.52 bits per heavy atom. The summed E-state index contributed by atoms with van der Waals surface area (Å²) in [6, 6.07) is 11.3. The normalized spacial score (nSPS) is 14.9. The zero-order valence-electron chi connectivity index (χ0n) is 12.9. The lowest BCUT2D eigenvalue weighted by molar-refractivity contribution is 0.0746. The van der Waals surface area contributed by atoms with Gasteiger partial charge in [-0.05, 0) is 30.7 Å². The molecule has 23 heavy (non-hydrogen) atoms. The number of rotatable bonds is 2. The summed E-state index contributed by atoms with van der Waals surface area (Å²) < 4.78 is 27.7. The molecule has 0 spiro atoms. The van der Waals surface area contributed by atoms with Crippen LogP contribution < -0.4 is 4.90 Å². The summed E-state index contributed by atoms with van der Waals surface area (Å²) in [6.45, 7) is 3.62. The Morgan fingerprint density at radius 1 is 0.913 bits per heavy atom. The van der Waals surface area contributed by atoms with Gasteiger partial charge in [-0.3, -0.25) is 4.79 Å². The molecular formula is C18H18F2N2O. The highest BCUT2D eigenvalue weighted by atomic mass is 19.1. The summed E-state index contributed by atoms with van der Waals surface area (Å²) >= 11 is 0. The van der Waals surface area contributed by atoms with Crippen LogP contribution in [0, 0.1) is 18.6 Å². The molecule has 1 fully saturated rings. The van der Waals surface area contributed by atoms with Crippen molar-refractivity contribution in [2.75, 3.05) is 31.1 Å². The predicted molar refractivity (Wildman–Crippen MR) is 85.7 cm³/mol. The molecule has 0 saturated carbocycles. The molecule has 0 aliphatic carbocycles. The minimum atomic E-state index is -0.566. The van der Waals surface area contributed by atoms with E-state index in [-0.39, 0.29) is 11.6 Å². The monoisotopic (exact) mass is 316 g/mol. The molecule has 5 heteroatoms. The highest BCUT2D eigenvalue weighted by Crippen LogP contribution is 2.24. The molecule has 120 valence electrons. The number of nitrogens with zero attached hydrogens (tertiary/aromatic N) is 2. The first-order valence-corrected chi connectivity index (χ1v) is 7.62. The van der Waals surface area contributed by atoms with E-state index >= 15 is 0 Å². The lowest BCUT2D eigenvalue weighted by Gasteiger charge is -2.36. The number of para-hydroxylation sites is 1. The van der Waals surface area contributed by atoms with Crippen LogP contribution >= 0.6 is 0 Å². The highest BCUT2D eigenvalue weighted by Gasteiger charge is 2.25. The molecule has 1 saturated heterocycles. The van der Waals surface area contributed by atoms with Gasteiger partial charge >= 0.3 is 0 Å². The van der Waals surface area contributed by atoms with Crippen molar-refractivity contribution in [3.05, 3.63) is 65.2 Å². The van der Waals surface area contributed by atoms with Gasteiger partial charge in [0.25, 0.3) is 5.91 Å². The van der Waals surface area contributed by atoms with Crippen LogP contribution in [0.1, 0.15) is 15.9 Å². The summed E-state index contributed by atoms with van der Waals surface area (Å²) in [6.07, 6.45) is 0. The maximum atomic E-state index is 13.8. The SMILES string of the molecule is Cc1ccccc1C(=O)N1CCN(c2c(F)cccc2F)CC1. The molecule has 3 rings (SSSR count). The summed E-state index contributed by atoms with van der Waals surface area (Å²) in [5.74, 6) is -1.16. The van der Waals surface area contributed by atoms with Crippen molar-refractivity contribution in [1.29, 1.82) is 0 Å². The molecule has 0 atom stereocenters. The molecule has 0 bridgehead atoms. The Hall–Kier alpha value is -2.43. The van der Waals surface area contributed by atoms with Gasteiger partial charge in [-0.1, -0.05) is 24.3 Å². The van der Waals surface area contributed by atoms with E-state index in [1.54, 1.807) is 15.9 Å². The van der Waals surface area contributed by atoms with Gasteiger partial charge < -0.3 is 9.80 Å². The van der Waals surface area contributed by atoms with Crippen LogP contribution in [-0.4, -0.2) is 37.0 Å². The number of amides is 1. The first kappa shape index (κ1) is 15.5. The number of carbonyl (C=O) groups is 1. The van der Waals surface area contributed by atoms with Gasteiger partial charge in [0.2, 0.25) is 0 Å². The molecule has 0 aromatic heterocycles. The average Bonchev–Trinajstić information content (AvgIpc) is 2.55. The largest absolute Gasteiger partial charge is 0.363 e. The molecule has 0 radical (unpaired) electrons. The Morgan fingerprint density at radius 3 is 2.13 bits per heavy atom. The first-order chi connectivity index (χ1) is 11.1. The van der Waals surface area contributed by atoms with Crippen LogP contribution in [0.15, 0.2) is 42.5 Å². The van der Waals surface area contributed by atoms with Crippen molar-refractivity contribution in [3.63, 3.8) is 0 Å². The van der Waals surface area contributed by atoms with E-state index in [1.807, 2.05) is 25.1 Å². The summed E-state index contributed by atoms with van der Waals surface area (Å²) in [7, 11) is 0. The number of aryl methyl sites for hydroxylation is 1. The maximum absolute atomic E-state index is 13.8. The Labute approximate surface area is 134 Å². The third kappa shape index (κ3) is 3.04. The van der Waals surface area contributed by atoms with Crippen molar-refractivity contribution in [1.82, 2.24) is 4.90 Å². The molecule has 0 unspecified atom stereocenters. The molecule has 0 N–H and O–H groups in total. The van der Waals surface area contributed by atoms with Crippen LogP contribution in [0.3, 0.4) is 0 Å². The summed E-state index contributed by atoms with van der Waals surface area (Å²) in [5.41, 5.74) is 1.61. The molecule has 1 aliphatic rings. The van der Waals surface area contributed by atoms with Crippen LogP contribution in [0.25, 0.3) is 0 Å². The van der Waals surface area contributed by atoms with Crippen LogP contribution in [0.4, 0.5) is 14.5 Å². The zero-order chi connectivity index (χ0) is 16.4. The van der Waals surface area contributed by atoms with E-state index in [9.17, 15) is 13.6 Å². The van der Waals surface area contributed by atoms with Gasteiger partial charge in [0.15, 0.2) is 0 Å². The fourth-order valence-electron chi connectivity index (χ4n) is 2.91. The van der Waals surface area contributed by atoms with E-state index in [4.69, 9.17) is 0 Å². The standard InChI is InChI=1S/C18H18F2N2O/c1-13-5-2-3-6-14(13)18(23)22-11-9-21(10-12-22)17-15(19)7-4-8-16(17)20/h2-8H,9-12H2,1H3. The van der Waals surface area contributed by atoms with Crippen molar-refractivity contribution in [2.45, 2.75) is 6.92 Å². The van der Waals surface area contributed by atoms with E-state index in [2.05, 4.69) is 0 Å². The third-order valence-electron chi connectivity index (χ3n) is 4.20. The van der Waals surface area contributed by atoms with Gasteiger partial charge in [-0.25, -0.2) is 8.78 Å². The fourth-order valence-corrected chi connectivity index (χ4v) is 2.91. The maximum Gasteiger partial charge on any atom is 0.254 e. The summed E-state index contributed by atoms with van der Waals surface area (Å²) in [5, 5.41) is 0. The van der Waals surface area contributed by atoms with Crippen molar-refractivity contribution < 1.29 is 13.6 Å². The van der Waals surface area contributed by atoms with Gasteiger partial charge in [0, 0.05) is 31.7 Å². The van der Waals surface area contributed by atoms with Gasteiger partial charge in [-0.2, -0.15) is 0 Å². The number of halogens is 2. The lowest BCUT2D eigenvalue weighted by Crippen LogP contribution is -2.49. The fraction of sp³-hybridized carbons (Fsp3) is 0.278. The van der Waals surface area contributed by atoms with Crippen molar-refractivity contribution in [2.24, 2.45) is 0 Å². The molecule has 1 amide bonds. The quantitative estimate of drug-likeness (QED) is 0.849. The minimum Gasteiger partial charge on any atom is -0.363 e. The molecule has 1 aliphatic heterocycles. The number of anilines is 1. The molecule has 3 nitrogen and oxygen atoms in total. The average molecular weight is 316 g/mol. The smallest absolute Gasteiger partial charge is 0.254 e. The number of piperazine rings is 1. The van der Waals surface area contributed by atoms with Gasteiger partial charge in [-0.15, -0.1) is 0 Å². The Kier molecular flexibility index (Phi) is 4.28. The Bertz CT molecular complexity index is 704. The first-order valence-electron chi connectivity index (χ1n) is 7.62. The number of carbonyl (C=O) groups excluding carboxylic acids is 1.